The third-order valence-electron chi connectivity index (χ3n) is 12.1. The van der Waals surface area contributed by atoms with Gasteiger partial charge in [-0.1, -0.05) is 170 Å². The Hall–Kier alpha value is -4.83. The first-order valence-electron chi connectivity index (χ1n) is 20.2. The lowest BCUT2D eigenvalue weighted by molar-refractivity contribution is 0.00981. The molecular formula is C51H52NO3P. The monoisotopic (exact) mass is 757 g/mol. The van der Waals surface area contributed by atoms with Crippen LogP contribution in [0.15, 0.2) is 194 Å². The van der Waals surface area contributed by atoms with Crippen LogP contribution in [-0.4, -0.2) is 30.5 Å². The highest BCUT2D eigenvalue weighted by molar-refractivity contribution is 7.76. The molecule has 0 N–H and O–H groups in total. The summed E-state index contributed by atoms with van der Waals surface area (Å²) in [5.74, 6) is 0.326. The van der Waals surface area contributed by atoms with Crippen molar-refractivity contribution in [2.45, 2.75) is 50.4 Å². The summed E-state index contributed by atoms with van der Waals surface area (Å²) < 4.78 is 32.0. The van der Waals surface area contributed by atoms with Crippen molar-refractivity contribution in [3.8, 4) is 0 Å². The van der Waals surface area contributed by atoms with E-state index in [1.54, 1.807) is 0 Å². The molecule has 0 amide bonds. The Morgan fingerprint density at radius 1 is 0.589 bits per heavy atom. The lowest BCUT2D eigenvalue weighted by Crippen LogP contribution is -2.44. The molecule has 2 aliphatic rings. The molecule has 8 rings (SSSR count). The molecule has 6 aromatic carbocycles. The van der Waals surface area contributed by atoms with Gasteiger partial charge in [0.05, 0.1) is 6.61 Å². The summed E-state index contributed by atoms with van der Waals surface area (Å²) in [4.78, 5) is 0. The Bertz CT molecular complexity index is 2040. The average molecular weight is 758 g/mol. The zero-order chi connectivity index (χ0) is 38.1. The SMILES string of the molecule is O=P(c1ccccc1)(c1ccccc1)N1C[C@H](CCOCc2ccccc2)[C@]2(C=CC2)[C@H]1CCCCOC(c1ccccc1)(c1ccccc1)c1ccccc1. The van der Waals surface area contributed by atoms with Crippen molar-refractivity contribution in [1.29, 1.82) is 0 Å². The van der Waals surface area contributed by atoms with Crippen LogP contribution in [0.1, 0.15) is 54.4 Å². The van der Waals surface area contributed by atoms with Gasteiger partial charge in [0.1, 0.15) is 5.60 Å². The lowest BCUT2D eigenvalue weighted by Gasteiger charge is -2.44. The zero-order valence-corrected chi connectivity index (χ0v) is 33.0. The molecule has 0 unspecified atom stereocenters. The van der Waals surface area contributed by atoms with Gasteiger partial charge in [0.15, 0.2) is 0 Å². The molecule has 1 spiro atoms. The third-order valence-corrected chi connectivity index (χ3v) is 15.2. The fourth-order valence-electron chi connectivity index (χ4n) is 9.23. The highest BCUT2D eigenvalue weighted by Crippen LogP contribution is 2.62. The summed E-state index contributed by atoms with van der Waals surface area (Å²) in [5.41, 5.74) is 3.72. The normalized spacial score (nSPS) is 19.6. The second-order valence-electron chi connectivity index (χ2n) is 15.3. The molecule has 6 aromatic rings. The number of allylic oxidation sites excluding steroid dienone is 1. The Morgan fingerprint density at radius 2 is 1.05 bits per heavy atom. The summed E-state index contributed by atoms with van der Waals surface area (Å²) in [6, 6.07) is 62.8. The topological polar surface area (TPSA) is 38.8 Å². The molecule has 1 aliphatic heterocycles. The van der Waals surface area contributed by atoms with Gasteiger partial charge in [-0.3, -0.25) is 4.57 Å². The van der Waals surface area contributed by atoms with Gasteiger partial charge < -0.3 is 9.47 Å². The number of hydrogen-bond donors (Lipinski definition) is 0. The van der Waals surface area contributed by atoms with Crippen molar-refractivity contribution < 1.29 is 14.0 Å². The van der Waals surface area contributed by atoms with E-state index in [0.717, 1.165) is 65.9 Å². The quantitative estimate of drug-likeness (QED) is 0.0402. The third kappa shape index (κ3) is 7.52. The minimum Gasteiger partial charge on any atom is -0.377 e. The minimum atomic E-state index is -3.19. The Labute approximate surface area is 333 Å². The number of nitrogens with zero attached hydrogens (tertiary/aromatic N) is 1. The predicted octanol–water partition coefficient (Wildman–Crippen LogP) is 10.9. The smallest absolute Gasteiger partial charge is 0.207 e. The summed E-state index contributed by atoms with van der Waals surface area (Å²) in [7, 11) is -3.19. The molecule has 56 heavy (non-hydrogen) atoms. The van der Waals surface area contributed by atoms with Gasteiger partial charge in [0.25, 0.3) is 0 Å². The van der Waals surface area contributed by atoms with Crippen LogP contribution in [0.2, 0.25) is 0 Å². The number of rotatable bonds is 17. The van der Waals surface area contributed by atoms with E-state index < -0.39 is 12.9 Å². The second kappa shape index (κ2) is 17.5. The maximum absolute atomic E-state index is 16.1. The molecular weight excluding hydrogens is 706 g/mol. The van der Waals surface area contributed by atoms with Crippen LogP contribution in [0.25, 0.3) is 0 Å². The molecule has 1 fully saturated rings. The summed E-state index contributed by atoms with van der Waals surface area (Å²) >= 11 is 0. The second-order valence-corrected chi connectivity index (χ2v) is 17.9. The van der Waals surface area contributed by atoms with E-state index in [1.807, 2.05) is 42.5 Å². The van der Waals surface area contributed by atoms with Crippen LogP contribution in [0.4, 0.5) is 0 Å². The van der Waals surface area contributed by atoms with E-state index in [4.69, 9.17) is 9.47 Å². The van der Waals surface area contributed by atoms with Crippen molar-refractivity contribution >= 4 is 17.9 Å². The fourth-order valence-corrected chi connectivity index (χ4v) is 12.4. The van der Waals surface area contributed by atoms with Crippen molar-refractivity contribution in [2.24, 2.45) is 11.3 Å². The van der Waals surface area contributed by atoms with E-state index >= 15 is 4.57 Å². The van der Waals surface area contributed by atoms with Gasteiger partial charge in [-0.25, -0.2) is 4.67 Å². The van der Waals surface area contributed by atoms with Gasteiger partial charge in [0.2, 0.25) is 7.29 Å². The van der Waals surface area contributed by atoms with Crippen LogP contribution >= 0.6 is 7.29 Å². The standard InChI is InChI=1S/C51H52NO3P/c53-56(47-30-15-5-16-31-47,48-32-17-6-18-33-48)52-40-46(35-39-54-41-42-22-7-1-8-23-42)50(36-21-37-50)49(52)34-19-20-38-55-51(43-24-9-2-10-25-43,44-26-11-3-12-27-44)45-28-13-4-14-29-45/h1-18,21-33,36,46,49H,19-20,34-35,37-41H2/t46-,49+,50+/m0/s1. The summed E-state index contributed by atoms with van der Waals surface area (Å²) in [5, 5.41) is 1.80. The predicted molar refractivity (Wildman–Crippen MR) is 230 cm³/mol. The largest absolute Gasteiger partial charge is 0.377 e. The Balaban J connectivity index is 1.07. The Kier molecular flexibility index (Phi) is 11.9. The Morgan fingerprint density at radius 3 is 1.52 bits per heavy atom. The van der Waals surface area contributed by atoms with Crippen molar-refractivity contribution in [3.63, 3.8) is 0 Å². The van der Waals surface area contributed by atoms with Gasteiger partial charge >= 0.3 is 0 Å². The maximum atomic E-state index is 16.1. The highest BCUT2D eigenvalue weighted by atomic mass is 31.2. The molecule has 0 radical (unpaired) electrons. The van der Waals surface area contributed by atoms with E-state index in [9.17, 15) is 0 Å². The first-order valence-corrected chi connectivity index (χ1v) is 21.9. The first kappa shape index (κ1) is 38.1. The van der Waals surface area contributed by atoms with Gasteiger partial charge in [-0.2, -0.15) is 0 Å². The molecule has 1 aliphatic carbocycles. The molecule has 1 heterocycles. The van der Waals surface area contributed by atoms with E-state index in [1.165, 1.54) is 5.56 Å². The summed E-state index contributed by atoms with van der Waals surface area (Å²) in [6.45, 7) is 2.62. The zero-order valence-electron chi connectivity index (χ0n) is 32.1. The number of ether oxygens (including phenoxy) is 2. The molecule has 1 saturated heterocycles. The van der Waals surface area contributed by atoms with Crippen LogP contribution in [0.5, 0.6) is 0 Å². The van der Waals surface area contributed by atoms with Crippen LogP contribution < -0.4 is 10.6 Å². The van der Waals surface area contributed by atoms with E-state index in [-0.39, 0.29) is 11.5 Å². The lowest BCUT2D eigenvalue weighted by atomic mass is 9.63. The summed E-state index contributed by atoms with van der Waals surface area (Å²) in [6.07, 6.45) is 9.44. The highest BCUT2D eigenvalue weighted by Gasteiger charge is 2.58. The van der Waals surface area contributed by atoms with Crippen LogP contribution in [0, 0.1) is 11.3 Å². The fraction of sp³-hybridized carbons (Fsp3) is 0.255. The molecule has 0 bridgehead atoms. The van der Waals surface area contributed by atoms with Crippen molar-refractivity contribution in [1.82, 2.24) is 4.67 Å². The molecule has 5 heteroatoms. The minimum absolute atomic E-state index is 0.0575. The number of hydrogen-bond acceptors (Lipinski definition) is 3. The molecule has 284 valence electrons. The number of benzene rings is 6. The number of unbranched alkanes of at least 4 members (excludes halogenated alkanes) is 1. The molecule has 3 atom stereocenters. The van der Waals surface area contributed by atoms with E-state index in [0.29, 0.717) is 25.7 Å². The molecule has 0 saturated carbocycles. The first-order chi connectivity index (χ1) is 27.6. The van der Waals surface area contributed by atoms with E-state index in [2.05, 4.69) is 156 Å². The van der Waals surface area contributed by atoms with Crippen LogP contribution in [0.3, 0.4) is 0 Å². The van der Waals surface area contributed by atoms with Gasteiger partial charge in [0, 0.05) is 41.8 Å². The van der Waals surface area contributed by atoms with Crippen molar-refractivity contribution in [2.75, 3.05) is 19.8 Å². The molecule has 0 aromatic heterocycles. The maximum Gasteiger partial charge on any atom is 0.207 e. The van der Waals surface area contributed by atoms with Crippen LogP contribution in [-0.2, 0) is 26.2 Å². The molecule has 4 nitrogen and oxygen atoms in total. The van der Waals surface area contributed by atoms with Crippen molar-refractivity contribution in [3.05, 3.63) is 216 Å². The van der Waals surface area contributed by atoms with Gasteiger partial charge in [-0.05, 0) is 84.5 Å². The van der Waals surface area contributed by atoms with Gasteiger partial charge in [-0.15, -0.1) is 0 Å². The average Bonchev–Trinajstić information content (AvgIpc) is 3.60.